The van der Waals surface area contributed by atoms with Gasteiger partial charge in [-0.1, -0.05) is 32.0 Å². The van der Waals surface area contributed by atoms with Crippen molar-refractivity contribution in [3.63, 3.8) is 0 Å². The average molecular weight is 516 g/mol. The zero-order chi connectivity index (χ0) is 27.1. The van der Waals surface area contributed by atoms with Crippen LogP contribution in [-0.2, 0) is 28.4 Å². The van der Waals surface area contributed by atoms with Gasteiger partial charge in [-0.3, -0.25) is 9.59 Å². The van der Waals surface area contributed by atoms with Crippen molar-refractivity contribution >= 4 is 23.2 Å². The molecular weight excluding hydrogens is 490 g/mol. The van der Waals surface area contributed by atoms with Crippen molar-refractivity contribution < 1.29 is 41.0 Å². The number of hydrogen-bond donors (Lipinski definition) is 2. The Morgan fingerprint density at radius 1 is 1.08 bits per heavy atom. The van der Waals surface area contributed by atoms with Gasteiger partial charge in [0, 0.05) is 30.9 Å². The Labute approximate surface area is 204 Å². The second-order valence-corrected chi connectivity index (χ2v) is 9.27. The van der Waals surface area contributed by atoms with Crippen molar-refractivity contribution in [2.45, 2.75) is 46.0 Å². The molecule has 0 bridgehead atoms. The molecule has 2 aromatic rings. The highest BCUT2D eigenvalue weighted by molar-refractivity contribution is 6.06. The van der Waals surface area contributed by atoms with E-state index in [0.29, 0.717) is 23.4 Å². The number of benzene rings is 2. The van der Waals surface area contributed by atoms with Crippen LogP contribution in [0.5, 0.6) is 0 Å². The van der Waals surface area contributed by atoms with E-state index < -0.39 is 52.3 Å². The maximum absolute atomic E-state index is 13.4. The molecule has 2 aromatic carbocycles. The van der Waals surface area contributed by atoms with E-state index in [-0.39, 0.29) is 32.1 Å². The first kappa shape index (κ1) is 27.5. The molecule has 1 aliphatic heterocycles. The molecule has 0 radical (unpaired) electrons. The third-order valence-electron chi connectivity index (χ3n) is 6.58. The van der Waals surface area contributed by atoms with Gasteiger partial charge in [0.25, 0.3) is 0 Å². The average Bonchev–Trinajstić information content (AvgIpc) is 3.11. The van der Waals surface area contributed by atoms with Crippen molar-refractivity contribution in [1.82, 2.24) is 0 Å². The number of alkyl halides is 6. The molecular formula is C25H26F6N2O3. The molecule has 1 atom stereocenters. The summed E-state index contributed by atoms with van der Waals surface area (Å²) in [6, 6.07) is 6.13. The third kappa shape index (κ3) is 5.35. The predicted molar refractivity (Wildman–Crippen MR) is 121 cm³/mol. The lowest BCUT2D eigenvalue weighted by molar-refractivity contribution is -0.143. The number of nitrogens with one attached hydrogen (secondary N) is 1. The molecule has 0 spiro atoms. The van der Waals surface area contributed by atoms with Crippen LogP contribution in [0.1, 0.15) is 42.5 Å². The van der Waals surface area contributed by atoms with Crippen LogP contribution in [0.3, 0.4) is 0 Å². The van der Waals surface area contributed by atoms with E-state index >= 15 is 0 Å². The molecule has 3 rings (SSSR count). The summed E-state index contributed by atoms with van der Waals surface area (Å²) < 4.78 is 79.5. The number of amides is 2. The van der Waals surface area contributed by atoms with E-state index in [1.165, 1.54) is 4.90 Å². The lowest BCUT2D eigenvalue weighted by atomic mass is 9.75. The normalized spacial score (nSPS) is 18.8. The van der Waals surface area contributed by atoms with E-state index in [4.69, 9.17) is 0 Å². The summed E-state index contributed by atoms with van der Waals surface area (Å²) in [5.41, 5.74) is -3.24. The number of aliphatic hydroxyl groups is 1. The fourth-order valence-electron chi connectivity index (χ4n) is 4.51. The molecule has 1 heterocycles. The van der Waals surface area contributed by atoms with Crippen molar-refractivity contribution in [3.05, 3.63) is 58.7 Å². The maximum atomic E-state index is 13.4. The second kappa shape index (κ2) is 9.76. The van der Waals surface area contributed by atoms with E-state index in [9.17, 15) is 41.0 Å². The molecule has 0 aromatic heterocycles. The van der Waals surface area contributed by atoms with E-state index in [2.05, 4.69) is 5.32 Å². The largest absolute Gasteiger partial charge is 0.416 e. The van der Waals surface area contributed by atoms with Crippen LogP contribution < -0.4 is 10.2 Å². The van der Waals surface area contributed by atoms with Crippen LogP contribution in [0.25, 0.3) is 0 Å². The highest BCUT2D eigenvalue weighted by Gasteiger charge is 2.52. The van der Waals surface area contributed by atoms with Gasteiger partial charge in [0.2, 0.25) is 11.8 Å². The Balaban J connectivity index is 2.01. The van der Waals surface area contributed by atoms with Gasteiger partial charge in [0.15, 0.2) is 0 Å². The van der Waals surface area contributed by atoms with Gasteiger partial charge in [-0.05, 0) is 48.6 Å². The lowest BCUT2D eigenvalue weighted by Crippen LogP contribution is -2.43. The molecule has 0 aliphatic carbocycles. The minimum absolute atomic E-state index is 0.0183. The minimum Gasteiger partial charge on any atom is -0.396 e. The first-order valence-corrected chi connectivity index (χ1v) is 11.2. The number of aryl methyl sites for hydroxylation is 1. The van der Waals surface area contributed by atoms with Gasteiger partial charge in [0.1, 0.15) is 0 Å². The van der Waals surface area contributed by atoms with Crippen LogP contribution in [0, 0.1) is 18.3 Å². The van der Waals surface area contributed by atoms with E-state index in [1.54, 1.807) is 39.0 Å². The fraction of sp³-hybridized carbons (Fsp3) is 0.440. The summed E-state index contributed by atoms with van der Waals surface area (Å²) in [5, 5.41) is 11.6. The first-order chi connectivity index (χ1) is 16.6. The van der Waals surface area contributed by atoms with Crippen molar-refractivity contribution in [1.29, 1.82) is 0 Å². The smallest absolute Gasteiger partial charge is 0.396 e. The number of rotatable bonds is 6. The molecule has 2 N–H and O–H groups in total. The Morgan fingerprint density at radius 2 is 1.67 bits per heavy atom. The maximum Gasteiger partial charge on any atom is 0.416 e. The summed E-state index contributed by atoms with van der Waals surface area (Å²) >= 11 is 0. The number of para-hydroxylation sites is 1. The molecule has 196 valence electrons. The number of carbonyl (C=O) groups is 2. The number of anilines is 2. The monoisotopic (exact) mass is 516 g/mol. The third-order valence-corrected chi connectivity index (χ3v) is 6.58. The van der Waals surface area contributed by atoms with Gasteiger partial charge in [-0.2, -0.15) is 26.3 Å². The SMILES string of the molecule is Cc1cccc(CCO)c1N1CC(C(=O)Nc2cc(C(F)(F)F)cc(C(F)(F)F)c2)(C(C)C)CC1=O. The lowest BCUT2D eigenvalue weighted by Gasteiger charge is -2.32. The minimum atomic E-state index is -5.06. The molecule has 1 saturated heterocycles. The zero-order valence-electron chi connectivity index (χ0n) is 19.8. The molecule has 11 heteroatoms. The number of halogens is 6. The summed E-state index contributed by atoms with van der Waals surface area (Å²) in [6.45, 7) is 4.79. The topological polar surface area (TPSA) is 69.6 Å². The molecule has 5 nitrogen and oxygen atoms in total. The fourth-order valence-corrected chi connectivity index (χ4v) is 4.51. The van der Waals surface area contributed by atoms with Crippen LogP contribution in [-0.4, -0.2) is 30.1 Å². The van der Waals surface area contributed by atoms with Gasteiger partial charge in [0.05, 0.1) is 16.5 Å². The molecule has 2 amide bonds. The van der Waals surface area contributed by atoms with Crippen LogP contribution in [0.4, 0.5) is 37.7 Å². The van der Waals surface area contributed by atoms with E-state index in [0.717, 1.165) is 5.56 Å². The van der Waals surface area contributed by atoms with Crippen molar-refractivity contribution in [3.8, 4) is 0 Å². The Hall–Kier alpha value is -3.08. The number of nitrogens with zero attached hydrogens (tertiary/aromatic N) is 1. The first-order valence-electron chi connectivity index (χ1n) is 11.2. The standard InChI is InChI=1S/C25H26F6N2O3/c1-14(2)23(12-20(35)33(13-23)21-15(3)5-4-6-16(21)7-8-34)22(36)32-19-10-17(24(26,27)28)9-18(11-19)25(29,30)31/h4-6,9-11,14,34H,7-8,12-13H2,1-3H3,(H,32,36). The number of aliphatic hydroxyl groups excluding tert-OH is 1. The summed E-state index contributed by atoms with van der Waals surface area (Å²) in [7, 11) is 0. The predicted octanol–water partition coefficient (Wildman–Crippen LogP) is 5.59. The Morgan fingerprint density at radius 3 is 2.17 bits per heavy atom. The number of hydrogen-bond acceptors (Lipinski definition) is 3. The highest BCUT2D eigenvalue weighted by Crippen LogP contribution is 2.44. The van der Waals surface area contributed by atoms with Crippen LogP contribution in [0.15, 0.2) is 36.4 Å². The van der Waals surface area contributed by atoms with Crippen molar-refractivity contribution in [2.75, 3.05) is 23.4 Å². The van der Waals surface area contributed by atoms with Crippen LogP contribution in [0.2, 0.25) is 0 Å². The summed E-state index contributed by atoms with van der Waals surface area (Å²) in [4.78, 5) is 28.0. The van der Waals surface area contributed by atoms with Gasteiger partial charge in [-0.15, -0.1) is 0 Å². The quantitative estimate of drug-likeness (QED) is 0.493. The van der Waals surface area contributed by atoms with Crippen molar-refractivity contribution in [2.24, 2.45) is 11.3 Å². The second-order valence-electron chi connectivity index (χ2n) is 9.27. The zero-order valence-corrected chi connectivity index (χ0v) is 19.8. The summed E-state index contributed by atoms with van der Waals surface area (Å²) in [5.74, 6) is -1.74. The molecule has 36 heavy (non-hydrogen) atoms. The summed E-state index contributed by atoms with van der Waals surface area (Å²) in [6.07, 6.45) is -10.2. The molecule has 1 aliphatic rings. The Kier molecular flexibility index (Phi) is 7.46. The van der Waals surface area contributed by atoms with Gasteiger partial charge in [-0.25, -0.2) is 0 Å². The van der Waals surface area contributed by atoms with E-state index in [1.807, 2.05) is 0 Å². The molecule has 1 unspecified atom stereocenters. The van der Waals surface area contributed by atoms with Crippen LogP contribution >= 0.6 is 0 Å². The van der Waals surface area contributed by atoms with Gasteiger partial charge >= 0.3 is 12.4 Å². The highest BCUT2D eigenvalue weighted by atomic mass is 19.4. The Bertz CT molecular complexity index is 1130. The molecule has 0 saturated carbocycles. The van der Waals surface area contributed by atoms with Gasteiger partial charge < -0.3 is 15.3 Å². The number of carbonyl (C=O) groups excluding carboxylic acids is 2. The molecule has 1 fully saturated rings.